The largest absolute Gasteiger partial charge is 0.310 e. The highest BCUT2D eigenvalue weighted by Crippen LogP contribution is 2.26. The molecule has 2 heterocycles. The van der Waals surface area contributed by atoms with Crippen LogP contribution in [0.1, 0.15) is 30.0 Å². The average molecular weight is 261 g/mol. The lowest BCUT2D eigenvalue weighted by atomic mass is 10.2. The van der Waals surface area contributed by atoms with E-state index in [0.29, 0.717) is 6.04 Å². The van der Waals surface area contributed by atoms with E-state index in [1.54, 1.807) is 11.3 Å². The number of hydrogen-bond acceptors (Lipinski definition) is 4. The molecule has 0 aliphatic carbocycles. The molecule has 3 nitrogen and oxygen atoms in total. The molecule has 4 heteroatoms. The van der Waals surface area contributed by atoms with E-state index < -0.39 is 0 Å². The van der Waals surface area contributed by atoms with E-state index in [1.165, 1.54) is 10.4 Å². The minimum atomic E-state index is 0.493. The quantitative estimate of drug-likeness (QED) is 0.917. The normalized spacial score (nSPS) is 11.2. The minimum absolute atomic E-state index is 0.493. The van der Waals surface area contributed by atoms with Crippen LogP contribution in [0.2, 0.25) is 0 Å². The van der Waals surface area contributed by atoms with Crippen LogP contribution in [0.5, 0.6) is 0 Å². The van der Waals surface area contributed by atoms with E-state index in [-0.39, 0.29) is 0 Å². The molecule has 2 aromatic heterocycles. The standard InChI is InChI=1S/C14H19N3S/c1-9(2)16-8-13-11(4)17-14(18-13)12-7-10(3)5-6-15-12/h5-7,9,16H,8H2,1-4H3. The summed E-state index contributed by atoms with van der Waals surface area (Å²) >= 11 is 1.73. The first kappa shape index (κ1) is 13.2. The fourth-order valence-electron chi connectivity index (χ4n) is 1.65. The molecule has 0 bridgehead atoms. The highest BCUT2D eigenvalue weighted by Gasteiger charge is 2.10. The predicted molar refractivity (Wildman–Crippen MR) is 76.8 cm³/mol. The van der Waals surface area contributed by atoms with Gasteiger partial charge in [0.25, 0.3) is 0 Å². The Labute approximate surface area is 112 Å². The maximum atomic E-state index is 4.62. The molecule has 0 radical (unpaired) electrons. The van der Waals surface area contributed by atoms with Crippen molar-refractivity contribution in [3.05, 3.63) is 34.5 Å². The lowest BCUT2D eigenvalue weighted by Crippen LogP contribution is -2.21. The molecule has 0 unspecified atom stereocenters. The molecule has 1 N–H and O–H groups in total. The summed E-state index contributed by atoms with van der Waals surface area (Å²) in [5.74, 6) is 0. The summed E-state index contributed by atoms with van der Waals surface area (Å²) < 4.78 is 0. The van der Waals surface area contributed by atoms with Gasteiger partial charge in [-0.15, -0.1) is 11.3 Å². The van der Waals surface area contributed by atoms with E-state index in [9.17, 15) is 0 Å². The van der Waals surface area contributed by atoms with Gasteiger partial charge in [-0.25, -0.2) is 4.98 Å². The maximum Gasteiger partial charge on any atom is 0.142 e. The zero-order valence-electron chi connectivity index (χ0n) is 11.3. The Morgan fingerprint density at radius 1 is 1.33 bits per heavy atom. The van der Waals surface area contributed by atoms with E-state index in [0.717, 1.165) is 22.9 Å². The van der Waals surface area contributed by atoms with Crippen LogP contribution in [0.3, 0.4) is 0 Å². The van der Waals surface area contributed by atoms with Gasteiger partial charge >= 0.3 is 0 Å². The third-order valence-corrected chi connectivity index (χ3v) is 3.88. The number of thiazole rings is 1. The molecule has 0 aliphatic rings. The van der Waals surface area contributed by atoms with Crippen molar-refractivity contribution in [3.8, 4) is 10.7 Å². The summed E-state index contributed by atoms with van der Waals surface area (Å²) in [5.41, 5.74) is 3.29. The first-order valence-electron chi connectivity index (χ1n) is 6.19. The van der Waals surface area contributed by atoms with Crippen molar-refractivity contribution in [1.82, 2.24) is 15.3 Å². The first-order valence-corrected chi connectivity index (χ1v) is 7.00. The van der Waals surface area contributed by atoms with Crippen molar-refractivity contribution in [2.75, 3.05) is 0 Å². The molecule has 18 heavy (non-hydrogen) atoms. The third-order valence-electron chi connectivity index (χ3n) is 2.70. The minimum Gasteiger partial charge on any atom is -0.310 e. The highest BCUT2D eigenvalue weighted by molar-refractivity contribution is 7.15. The van der Waals surface area contributed by atoms with Crippen LogP contribution in [0.15, 0.2) is 18.3 Å². The van der Waals surface area contributed by atoms with Crippen LogP contribution in [0.25, 0.3) is 10.7 Å². The van der Waals surface area contributed by atoms with E-state index >= 15 is 0 Å². The van der Waals surface area contributed by atoms with Crippen molar-refractivity contribution in [3.63, 3.8) is 0 Å². The van der Waals surface area contributed by atoms with Gasteiger partial charge in [-0.2, -0.15) is 0 Å². The number of pyridine rings is 1. The zero-order valence-corrected chi connectivity index (χ0v) is 12.1. The summed E-state index contributed by atoms with van der Waals surface area (Å²) in [6.07, 6.45) is 1.84. The van der Waals surface area contributed by atoms with Crippen LogP contribution in [0, 0.1) is 13.8 Å². The molecule has 0 saturated carbocycles. The summed E-state index contributed by atoms with van der Waals surface area (Å²) in [6, 6.07) is 4.58. The molecule has 96 valence electrons. The fourth-order valence-corrected chi connectivity index (χ4v) is 2.63. The van der Waals surface area contributed by atoms with Crippen molar-refractivity contribution in [2.24, 2.45) is 0 Å². The van der Waals surface area contributed by atoms with Crippen LogP contribution in [-0.2, 0) is 6.54 Å². The van der Waals surface area contributed by atoms with Crippen molar-refractivity contribution in [1.29, 1.82) is 0 Å². The molecule has 0 spiro atoms. The van der Waals surface area contributed by atoms with Crippen LogP contribution in [-0.4, -0.2) is 16.0 Å². The lowest BCUT2D eigenvalue weighted by molar-refractivity contribution is 0.591. The molecule has 0 amide bonds. The molecular formula is C14H19N3S. The summed E-state index contributed by atoms with van der Waals surface area (Å²) in [5, 5.41) is 4.44. The SMILES string of the molecule is Cc1ccnc(-c2nc(C)c(CNC(C)C)s2)c1. The van der Waals surface area contributed by atoms with Gasteiger partial charge in [-0.3, -0.25) is 4.98 Å². The second kappa shape index (κ2) is 5.59. The molecule has 0 atom stereocenters. The van der Waals surface area contributed by atoms with E-state index in [1.807, 2.05) is 12.3 Å². The predicted octanol–water partition coefficient (Wildman–Crippen LogP) is 3.32. The van der Waals surface area contributed by atoms with Gasteiger partial charge in [0.1, 0.15) is 5.01 Å². The maximum absolute atomic E-state index is 4.62. The van der Waals surface area contributed by atoms with E-state index in [4.69, 9.17) is 0 Å². The topological polar surface area (TPSA) is 37.8 Å². The van der Waals surface area contributed by atoms with Gasteiger partial charge in [0.2, 0.25) is 0 Å². The zero-order chi connectivity index (χ0) is 13.1. The van der Waals surface area contributed by atoms with Crippen molar-refractivity contribution < 1.29 is 0 Å². The van der Waals surface area contributed by atoms with Crippen LogP contribution in [0.4, 0.5) is 0 Å². The van der Waals surface area contributed by atoms with E-state index in [2.05, 4.69) is 49.0 Å². The number of hydrogen-bond donors (Lipinski definition) is 1. The highest BCUT2D eigenvalue weighted by atomic mass is 32.1. The Hall–Kier alpha value is -1.26. The van der Waals surface area contributed by atoms with Crippen LogP contribution < -0.4 is 5.32 Å². The Bertz CT molecular complexity index is 532. The second-order valence-electron chi connectivity index (χ2n) is 4.78. The molecule has 2 rings (SSSR count). The smallest absolute Gasteiger partial charge is 0.142 e. The first-order chi connectivity index (χ1) is 8.56. The van der Waals surface area contributed by atoms with Crippen molar-refractivity contribution >= 4 is 11.3 Å². The number of aryl methyl sites for hydroxylation is 2. The van der Waals surface area contributed by atoms with Gasteiger partial charge < -0.3 is 5.32 Å². The van der Waals surface area contributed by atoms with Crippen molar-refractivity contribution in [2.45, 2.75) is 40.3 Å². The summed E-state index contributed by atoms with van der Waals surface area (Å²) in [7, 11) is 0. The van der Waals surface area contributed by atoms with Gasteiger partial charge in [-0.05, 0) is 31.5 Å². The van der Waals surface area contributed by atoms with Gasteiger partial charge in [-0.1, -0.05) is 13.8 Å². The van der Waals surface area contributed by atoms with Gasteiger partial charge in [0, 0.05) is 23.7 Å². The molecule has 0 fully saturated rings. The molecule has 2 aromatic rings. The summed E-state index contributed by atoms with van der Waals surface area (Å²) in [4.78, 5) is 10.3. The Morgan fingerprint density at radius 2 is 2.11 bits per heavy atom. The number of nitrogens with zero attached hydrogens (tertiary/aromatic N) is 2. The number of nitrogens with one attached hydrogen (secondary N) is 1. The monoisotopic (exact) mass is 261 g/mol. The fraction of sp³-hybridized carbons (Fsp3) is 0.429. The second-order valence-corrected chi connectivity index (χ2v) is 5.87. The Kier molecular flexibility index (Phi) is 4.09. The molecule has 0 aliphatic heterocycles. The molecule has 0 saturated heterocycles. The lowest BCUT2D eigenvalue weighted by Gasteiger charge is -2.05. The Morgan fingerprint density at radius 3 is 2.78 bits per heavy atom. The third kappa shape index (κ3) is 3.15. The number of aromatic nitrogens is 2. The molecular weight excluding hydrogens is 242 g/mol. The molecule has 0 aromatic carbocycles. The van der Waals surface area contributed by atoms with Crippen LogP contribution >= 0.6 is 11.3 Å². The van der Waals surface area contributed by atoms with Gasteiger partial charge in [0.05, 0.1) is 11.4 Å². The number of rotatable bonds is 4. The Balaban J connectivity index is 2.23. The summed E-state index contributed by atoms with van der Waals surface area (Å²) in [6.45, 7) is 9.33. The van der Waals surface area contributed by atoms with Gasteiger partial charge in [0.15, 0.2) is 0 Å². The average Bonchev–Trinajstić information content (AvgIpc) is 2.68.